The molecule has 25 heavy (non-hydrogen) atoms. The Hall–Kier alpha value is -1.04. The van der Waals surface area contributed by atoms with Crippen LogP contribution in [0.3, 0.4) is 0 Å². The second-order valence-corrected chi connectivity index (χ2v) is 5.73. The standard InChI is InChI=1S/C15H20BrF3N4O.HI/c1-2-20-14(22-7-6-15(17,18)19)23-9-8-21-13(24)11-4-3-5-12(16)10-11;/h3-5,10H,2,6-9H2,1H3,(H,21,24)(H2,20,22,23);1H. The number of carbonyl (C=O) groups excluding carboxylic acids is 1. The molecule has 0 unspecified atom stereocenters. The average Bonchev–Trinajstić information content (AvgIpc) is 2.50. The fourth-order valence-corrected chi connectivity index (χ4v) is 2.12. The second-order valence-electron chi connectivity index (χ2n) is 4.82. The fraction of sp³-hybridized carbons (Fsp3) is 0.467. The normalized spacial score (nSPS) is 11.5. The summed E-state index contributed by atoms with van der Waals surface area (Å²) in [4.78, 5) is 15.8. The van der Waals surface area contributed by atoms with Gasteiger partial charge in [-0.05, 0) is 25.1 Å². The predicted octanol–water partition coefficient (Wildman–Crippen LogP) is 3.30. The van der Waals surface area contributed by atoms with Crippen molar-refractivity contribution in [2.24, 2.45) is 4.99 Å². The first-order valence-electron chi connectivity index (χ1n) is 7.44. The molecule has 10 heteroatoms. The lowest BCUT2D eigenvalue weighted by Gasteiger charge is -2.12. The molecule has 0 bridgehead atoms. The molecule has 0 aliphatic carbocycles. The van der Waals surface area contributed by atoms with Crippen molar-refractivity contribution in [2.45, 2.75) is 19.5 Å². The van der Waals surface area contributed by atoms with Gasteiger partial charge in [0.15, 0.2) is 5.96 Å². The zero-order chi connectivity index (χ0) is 18.0. The molecule has 0 saturated heterocycles. The molecule has 3 N–H and O–H groups in total. The Morgan fingerprint density at radius 3 is 2.48 bits per heavy atom. The van der Waals surface area contributed by atoms with E-state index in [2.05, 4.69) is 36.9 Å². The van der Waals surface area contributed by atoms with Crippen LogP contribution in [0.4, 0.5) is 13.2 Å². The number of benzene rings is 1. The largest absolute Gasteiger partial charge is 0.390 e. The Bertz CT molecular complexity index is 570. The van der Waals surface area contributed by atoms with Crippen LogP contribution in [-0.4, -0.2) is 44.2 Å². The Morgan fingerprint density at radius 2 is 1.88 bits per heavy atom. The molecule has 1 amide bonds. The molecule has 0 saturated carbocycles. The van der Waals surface area contributed by atoms with Gasteiger partial charge in [0.2, 0.25) is 0 Å². The predicted molar refractivity (Wildman–Crippen MR) is 107 cm³/mol. The van der Waals surface area contributed by atoms with Gasteiger partial charge in [-0.15, -0.1) is 24.0 Å². The second kappa shape index (κ2) is 12.3. The Balaban J connectivity index is 0.00000576. The Labute approximate surface area is 170 Å². The minimum atomic E-state index is -4.22. The van der Waals surface area contributed by atoms with Crippen LogP contribution in [-0.2, 0) is 0 Å². The van der Waals surface area contributed by atoms with Crippen molar-refractivity contribution in [3.05, 3.63) is 34.3 Å². The van der Waals surface area contributed by atoms with Crippen LogP contribution in [0.2, 0.25) is 0 Å². The molecule has 1 aromatic rings. The van der Waals surface area contributed by atoms with Crippen molar-refractivity contribution >= 4 is 51.8 Å². The number of amides is 1. The van der Waals surface area contributed by atoms with Gasteiger partial charge < -0.3 is 16.0 Å². The molecule has 0 atom stereocenters. The van der Waals surface area contributed by atoms with E-state index in [1.165, 1.54) is 0 Å². The summed E-state index contributed by atoms with van der Waals surface area (Å²) < 4.78 is 37.2. The number of rotatable bonds is 7. The van der Waals surface area contributed by atoms with Gasteiger partial charge in [-0.2, -0.15) is 13.2 Å². The zero-order valence-electron chi connectivity index (χ0n) is 13.6. The van der Waals surface area contributed by atoms with Crippen LogP contribution in [0.25, 0.3) is 0 Å². The minimum absolute atomic E-state index is 0. The number of nitrogens with one attached hydrogen (secondary N) is 3. The summed E-state index contributed by atoms with van der Waals surface area (Å²) in [6.45, 7) is 2.66. The third-order valence-electron chi connectivity index (χ3n) is 2.80. The third-order valence-corrected chi connectivity index (χ3v) is 3.29. The monoisotopic (exact) mass is 536 g/mol. The number of halogens is 5. The molecule has 0 spiro atoms. The summed E-state index contributed by atoms with van der Waals surface area (Å²) in [5.74, 6) is 0.0653. The van der Waals surface area contributed by atoms with Crippen molar-refractivity contribution in [1.29, 1.82) is 0 Å². The maximum absolute atomic E-state index is 12.1. The number of hydrogen-bond acceptors (Lipinski definition) is 2. The first-order chi connectivity index (χ1) is 11.3. The first-order valence-corrected chi connectivity index (χ1v) is 8.24. The highest BCUT2D eigenvalue weighted by Gasteiger charge is 2.26. The summed E-state index contributed by atoms with van der Waals surface area (Å²) >= 11 is 3.29. The van der Waals surface area contributed by atoms with E-state index >= 15 is 0 Å². The van der Waals surface area contributed by atoms with Crippen molar-refractivity contribution in [2.75, 3.05) is 26.2 Å². The highest BCUT2D eigenvalue weighted by atomic mass is 127. The van der Waals surface area contributed by atoms with Crippen LogP contribution < -0.4 is 16.0 Å². The lowest BCUT2D eigenvalue weighted by Crippen LogP contribution is -2.41. The quantitative estimate of drug-likeness (QED) is 0.217. The number of hydrogen-bond donors (Lipinski definition) is 3. The highest BCUT2D eigenvalue weighted by molar-refractivity contribution is 14.0. The van der Waals surface area contributed by atoms with Crippen LogP contribution >= 0.6 is 39.9 Å². The van der Waals surface area contributed by atoms with Crippen LogP contribution in [0, 0.1) is 0 Å². The van der Waals surface area contributed by atoms with Gasteiger partial charge in [0.25, 0.3) is 5.91 Å². The molecule has 5 nitrogen and oxygen atoms in total. The molecule has 0 aromatic heterocycles. The van der Waals surface area contributed by atoms with Gasteiger partial charge in [0.05, 0.1) is 13.0 Å². The Kier molecular flexibility index (Phi) is 11.8. The number of guanidine groups is 1. The van der Waals surface area contributed by atoms with Crippen molar-refractivity contribution in [3.63, 3.8) is 0 Å². The SMILES string of the molecule is CCNC(=NCCC(F)(F)F)NCCNC(=O)c1cccc(Br)c1.I. The van der Waals surface area contributed by atoms with E-state index in [9.17, 15) is 18.0 Å². The lowest BCUT2D eigenvalue weighted by molar-refractivity contribution is -0.132. The molecule has 0 heterocycles. The van der Waals surface area contributed by atoms with Crippen molar-refractivity contribution in [3.8, 4) is 0 Å². The molecular formula is C15H21BrF3IN4O. The molecule has 0 aliphatic heterocycles. The van der Waals surface area contributed by atoms with Gasteiger partial charge >= 0.3 is 6.18 Å². The zero-order valence-corrected chi connectivity index (χ0v) is 17.5. The minimum Gasteiger partial charge on any atom is -0.357 e. The number of aliphatic imine (C=N–C) groups is 1. The van der Waals surface area contributed by atoms with E-state index in [1.54, 1.807) is 18.2 Å². The van der Waals surface area contributed by atoms with Gasteiger partial charge in [-0.25, -0.2) is 0 Å². The summed E-state index contributed by atoms with van der Waals surface area (Å²) in [7, 11) is 0. The first kappa shape index (κ1) is 24.0. The van der Waals surface area contributed by atoms with Crippen LogP contribution in [0.5, 0.6) is 0 Å². The average molecular weight is 537 g/mol. The van der Waals surface area contributed by atoms with Gasteiger partial charge in [0.1, 0.15) is 0 Å². The third kappa shape index (κ3) is 11.2. The van der Waals surface area contributed by atoms with E-state index in [0.29, 0.717) is 31.2 Å². The summed E-state index contributed by atoms with van der Waals surface area (Å²) in [5.41, 5.74) is 0.523. The summed E-state index contributed by atoms with van der Waals surface area (Å²) in [6, 6.07) is 6.97. The van der Waals surface area contributed by atoms with E-state index in [4.69, 9.17) is 0 Å². The molecule has 0 aliphatic rings. The van der Waals surface area contributed by atoms with Crippen LogP contribution in [0.1, 0.15) is 23.7 Å². The summed E-state index contributed by atoms with van der Waals surface area (Å²) in [6.07, 6.45) is -5.19. The maximum atomic E-state index is 12.1. The number of alkyl halides is 3. The fourth-order valence-electron chi connectivity index (χ4n) is 1.72. The molecule has 0 fully saturated rings. The topological polar surface area (TPSA) is 65.5 Å². The van der Waals surface area contributed by atoms with E-state index in [-0.39, 0.29) is 36.4 Å². The van der Waals surface area contributed by atoms with Gasteiger partial charge in [-0.1, -0.05) is 22.0 Å². The molecule has 1 aromatic carbocycles. The molecule has 0 radical (unpaired) electrons. The molecular weight excluding hydrogens is 516 g/mol. The van der Waals surface area contributed by atoms with Gasteiger partial charge in [0, 0.05) is 29.7 Å². The molecule has 1 rings (SSSR count). The highest BCUT2D eigenvalue weighted by Crippen LogP contribution is 2.18. The number of carbonyl (C=O) groups is 1. The van der Waals surface area contributed by atoms with E-state index < -0.39 is 12.6 Å². The lowest BCUT2D eigenvalue weighted by atomic mass is 10.2. The van der Waals surface area contributed by atoms with Crippen molar-refractivity contribution < 1.29 is 18.0 Å². The van der Waals surface area contributed by atoms with Crippen LogP contribution in [0.15, 0.2) is 33.7 Å². The van der Waals surface area contributed by atoms with E-state index in [1.807, 2.05) is 13.0 Å². The van der Waals surface area contributed by atoms with Crippen molar-refractivity contribution in [1.82, 2.24) is 16.0 Å². The summed E-state index contributed by atoms with van der Waals surface area (Å²) in [5, 5.41) is 8.44. The number of nitrogens with zero attached hydrogens (tertiary/aromatic N) is 1. The van der Waals surface area contributed by atoms with Gasteiger partial charge in [-0.3, -0.25) is 9.79 Å². The van der Waals surface area contributed by atoms with E-state index in [0.717, 1.165) is 4.47 Å². The smallest absolute Gasteiger partial charge is 0.357 e. The Morgan fingerprint density at radius 1 is 1.20 bits per heavy atom. The maximum Gasteiger partial charge on any atom is 0.390 e. The molecule has 142 valence electrons.